The fraction of sp³-hybridized carbons (Fsp3) is 0.625. The highest BCUT2D eigenvalue weighted by molar-refractivity contribution is 5.39. The first-order valence-electron chi connectivity index (χ1n) is 7.54. The Labute approximate surface area is 116 Å². The Balaban J connectivity index is 1.80. The Morgan fingerprint density at radius 1 is 1.32 bits per heavy atom. The van der Waals surface area contributed by atoms with Crippen molar-refractivity contribution < 1.29 is 4.74 Å². The maximum atomic E-state index is 5.64. The SMILES string of the molecule is CCCCCC(CCc1ccc2c(c1)CCO2)NN. The van der Waals surface area contributed by atoms with Crippen molar-refractivity contribution >= 4 is 0 Å². The molecule has 0 fully saturated rings. The van der Waals surface area contributed by atoms with Gasteiger partial charge in [0.15, 0.2) is 0 Å². The zero-order chi connectivity index (χ0) is 13.5. The second-order valence-electron chi connectivity index (χ2n) is 5.44. The molecule has 0 spiro atoms. The van der Waals surface area contributed by atoms with Gasteiger partial charge in [0.2, 0.25) is 0 Å². The maximum Gasteiger partial charge on any atom is 0.122 e. The summed E-state index contributed by atoms with van der Waals surface area (Å²) in [5, 5.41) is 0. The molecule has 1 aromatic rings. The third kappa shape index (κ3) is 4.22. The number of aryl methyl sites for hydroxylation is 1. The van der Waals surface area contributed by atoms with Gasteiger partial charge in [0, 0.05) is 12.5 Å². The molecule has 1 atom stereocenters. The molecule has 1 aliphatic heterocycles. The Kier molecular flexibility index (Phi) is 5.67. The van der Waals surface area contributed by atoms with Gasteiger partial charge in [-0.2, -0.15) is 0 Å². The van der Waals surface area contributed by atoms with Crippen molar-refractivity contribution in [3.63, 3.8) is 0 Å². The molecule has 1 unspecified atom stereocenters. The van der Waals surface area contributed by atoms with Crippen LogP contribution in [0.3, 0.4) is 0 Å². The summed E-state index contributed by atoms with van der Waals surface area (Å²) in [6, 6.07) is 7.03. The van der Waals surface area contributed by atoms with Crippen LogP contribution >= 0.6 is 0 Å². The molecule has 1 aromatic carbocycles. The number of rotatable bonds is 8. The molecular weight excluding hydrogens is 236 g/mol. The van der Waals surface area contributed by atoms with Crippen LogP contribution in [0, 0.1) is 0 Å². The van der Waals surface area contributed by atoms with Gasteiger partial charge in [-0.15, -0.1) is 0 Å². The van der Waals surface area contributed by atoms with Gasteiger partial charge in [0.25, 0.3) is 0 Å². The standard InChI is InChI=1S/C16H26N2O/c1-2-3-4-5-15(18-17)8-6-13-7-9-16-14(12-13)10-11-19-16/h7,9,12,15,18H,2-6,8,10-11,17H2,1H3. The highest BCUT2D eigenvalue weighted by Gasteiger charge is 2.13. The Morgan fingerprint density at radius 2 is 2.21 bits per heavy atom. The van der Waals surface area contributed by atoms with Crippen LogP contribution in [0.25, 0.3) is 0 Å². The minimum Gasteiger partial charge on any atom is -0.493 e. The van der Waals surface area contributed by atoms with Crippen LogP contribution in [-0.2, 0) is 12.8 Å². The van der Waals surface area contributed by atoms with E-state index in [-0.39, 0.29) is 0 Å². The van der Waals surface area contributed by atoms with Crippen LogP contribution in [0.4, 0.5) is 0 Å². The van der Waals surface area contributed by atoms with E-state index in [1.54, 1.807) is 0 Å². The van der Waals surface area contributed by atoms with Crippen LogP contribution in [0.15, 0.2) is 18.2 Å². The summed E-state index contributed by atoms with van der Waals surface area (Å²) in [6.07, 6.45) is 8.27. The van der Waals surface area contributed by atoms with E-state index in [4.69, 9.17) is 10.6 Å². The molecule has 0 aliphatic carbocycles. The van der Waals surface area contributed by atoms with E-state index in [1.807, 2.05) is 0 Å². The van der Waals surface area contributed by atoms with Crippen LogP contribution in [0.1, 0.15) is 50.2 Å². The number of unbranched alkanes of at least 4 members (excludes halogenated alkanes) is 2. The molecule has 0 saturated carbocycles. The van der Waals surface area contributed by atoms with E-state index >= 15 is 0 Å². The molecule has 0 aromatic heterocycles. The quantitative estimate of drug-likeness (QED) is 0.430. The molecule has 1 aliphatic rings. The molecule has 0 bridgehead atoms. The number of hydrogen-bond acceptors (Lipinski definition) is 3. The number of fused-ring (bicyclic) bond motifs is 1. The summed E-state index contributed by atoms with van der Waals surface area (Å²) in [5.74, 6) is 6.71. The highest BCUT2D eigenvalue weighted by Crippen LogP contribution is 2.26. The predicted octanol–water partition coefficient (Wildman–Crippen LogP) is 2.97. The van der Waals surface area contributed by atoms with Crippen molar-refractivity contribution in [1.82, 2.24) is 5.43 Å². The number of ether oxygens (including phenoxy) is 1. The summed E-state index contributed by atoms with van der Waals surface area (Å²) in [5.41, 5.74) is 5.72. The van der Waals surface area contributed by atoms with E-state index in [1.165, 1.54) is 36.8 Å². The Hall–Kier alpha value is -1.06. The summed E-state index contributed by atoms with van der Waals surface area (Å²) < 4.78 is 5.53. The number of benzene rings is 1. The second-order valence-corrected chi connectivity index (χ2v) is 5.44. The first kappa shape index (κ1) is 14.4. The van der Waals surface area contributed by atoms with Crippen molar-refractivity contribution in [2.45, 2.75) is 57.9 Å². The van der Waals surface area contributed by atoms with Gasteiger partial charge in [-0.25, -0.2) is 0 Å². The predicted molar refractivity (Wildman–Crippen MR) is 79.2 cm³/mol. The average Bonchev–Trinajstić information content (AvgIpc) is 2.90. The molecule has 3 nitrogen and oxygen atoms in total. The van der Waals surface area contributed by atoms with Gasteiger partial charge in [0.05, 0.1) is 6.61 Å². The lowest BCUT2D eigenvalue weighted by Gasteiger charge is -2.15. The molecule has 0 amide bonds. The van der Waals surface area contributed by atoms with Crippen LogP contribution in [0.5, 0.6) is 5.75 Å². The van der Waals surface area contributed by atoms with Crippen molar-refractivity contribution in [2.24, 2.45) is 5.84 Å². The molecule has 3 heteroatoms. The first-order chi connectivity index (χ1) is 9.33. The lowest BCUT2D eigenvalue weighted by Crippen LogP contribution is -2.35. The van der Waals surface area contributed by atoms with Crippen molar-refractivity contribution in [3.8, 4) is 5.75 Å². The molecule has 0 saturated heterocycles. The first-order valence-corrected chi connectivity index (χ1v) is 7.54. The number of hydrogen-bond donors (Lipinski definition) is 2. The van der Waals surface area contributed by atoms with Crippen LogP contribution in [0.2, 0.25) is 0 Å². The Morgan fingerprint density at radius 3 is 3.00 bits per heavy atom. The van der Waals surface area contributed by atoms with Crippen molar-refractivity contribution in [3.05, 3.63) is 29.3 Å². The highest BCUT2D eigenvalue weighted by atomic mass is 16.5. The van der Waals surface area contributed by atoms with Crippen LogP contribution < -0.4 is 16.0 Å². The number of hydrazine groups is 1. The fourth-order valence-electron chi connectivity index (χ4n) is 2.69. The average molecular weight is 262 g/mol. The van der Waals surface area contributed by atoms with E-state index in [2.05, 4.69) is 30.5 Å². The molecule has 0 radical (unpaired) electrons. The largest absolute Gasteiger partial charge is 0.493 e. The van der Waals surface area contributed by atoms with E-state index in [9.17, 15) is 0 Å². The lowest BCUT2D eigenvalue weighted by molar-refractivity contribution is 0.357. The molecule has 1 heterocycles. The maximum absolute atomic E-state index is 5.64. The van der Waals surface area contributed by atoms with Gasteiger partial charge in [0.1, 0.15) is 5.75 Å². The smallest absolute Gasteiger partial charge is 0.122 e. The van der Waals surface area contributed by atoms with Gasteiger partial charge in [-0.1, -0.05) is 38.3 Å². The summed E-state index contributed by atoms with van der Waals surface area (Å²) in [4.78, 5) is 0. The lowest BCUT2D eigenvalue weighted by atomic mass is 9.99. The second kappa shape index (κ2) is 7.51. The third-order valence-electron chi connectivity index (χ3n) is 3.93. The molecular formula is C16H26N2O. The summed E-state index contributed by atoms with van der Waals surface area (Å²) in [7, 11) is 0. The number of nitrogens with one attached hydrogen (secondary N) is 1. The van der Waals surface area contributed by atoms with E-state index < -0.39 is 0 Å². The van der Waals surface area contributed by atoms with Gasteiger partial charge < -0.3 is 4.74 Å². The minimum absolute atomic E-state index is 0.441. The minimum atomic E-state index is 0.441. The topological polar surface area (TPSA) is 47.3 Å². The Bertz CT molecular complexity index is 392. The molecule has 106 valence electrons. The zero-order valence-electron chi connectivity index (χ0n) is 12.0. The number of nitrogens with two attached hydrogens (primary N) is 1. The third-order valence-corrected chi connectivity index (χ3v) is 3.93. The van der Waals surface area contributed by atoms with E-state index in [0.717, 1.165) is 31.6 Å². The van der Waals surface area contributed by atoms with Crippen molar-refractivity contribution in [2.75, 3.05) is 6.61 Å². The summed E-state index contributed by atoms with van der Waals surface area (Å²) >= 11 is 0. The fourth-order valence-corrected chi connectivity index (χ4v) is 2.69. The zero-order valence-corrected chi connectivity index (χ0v) is 12.0. The molecule has 3 N–H and O–H groups in total. The monoisotopic (exact) mass is 262 g/mol. The van der Waals surface area contributed by atoms with Gasteiger partial charge in [-0.3, -0.25) is 11.3 Å². The van der Waals surface area contributed by atoms with Gasteiger partial charge >= 0.3 is 0 Å². The van der Waals surface area contributed by atoms with Crippen LogP contribution in [-0.4, -0.2) is 12.6 Å². The summed E-state index contributed by atoms with van der Waals surface area (Å²) in [6.45, 7) is 3.07. The van der Waals surface area contributed by atoms with Gasteiger partial charge in [-0.05, 0) is 36.5 Å². The van der Waals surface area contributed by atoms with E-state index in [0.29, 0.717) is 6.04 Å². The van der Waals surface area contributed by atoms with Crippen molar-refractivity contribution in [1.29, 1.82) is 0 Å². The molecule has 19 heavy (non-hydrogen) atoms. The normalized spacial score (nSPS) is 15.1. The molecule has 2 rings (SSSR count).